The smallest absolute Gasteiger partial charge is 0.123 e. The van der Waals surface area contributed by atoms with Crippen molar-refractivity contribution in [1.29, 1.82) is 0 Å². The lowest BCUT2D eigenvalue weighted by molar-refractivity contribution is 0.1000. The summed E-state index contributed by atoms with van der Waals surface area (Å²) in [6.07, 6.45) is 2.12. The van der Waals surface area contributed by atoms with Crippen LogP contribution in [-0.2, 0) is 11.3 Å². The van der Waals surface area contributed by atoms with E-state index in [-0.39, 0.29) is 5.82 Å². The van der Waals surface area contributed by atoms with E-state index in [1.165, 1.54) is 12.1 Å². The summed E-state index contributed by atoms with van der Waals surface area (Å²) in [6.45, 7) is 2.05. The third kappa shape index (κ3) is 2.97. The second-order valence-corrected chi connectivity index (χ2v) is 5.23. The maximum atomic E-state index is 13.0. The van der Waals surface area contributed by atoms with Crippen molar-refractivity contribution in [3.05, 3.63) is 29.6 Å². The van der Waals surface area contributed by atoms with Crippen molar-refractivity contribution in [2.75, 3.05) is 13.2 Å². The van der Waals surface area contributed by atoms with Crippen molar-refractivity contribution >= 4 is 11.8 Å². The molecule has 0 amide bonds. The highest BCUT2D eigenvalue weighted by molar-refractivity contribution is 8.00. The average molecular weight is 241 g/mol. The molecule has 1 aliphatic rings. The predicted octanol–water partition coefficient (Wildman–Crippen LogP) is 2.56. The maximum Gasteiger partial charge on any atom is 0.123 e. The number of halogens is 1. The zero-order valence-corrected chi connectivity index (χ0v) is 9.93. The lowest BCUT2D eigenvalue weighted by Gasteiger charge is -2.22. The van der Waals surface area contributed by atoms with Crippen molar-refractivity contribution in [3.8, 4) is 0 Å². The highest BCUT2D eigenvalue weighted by Gasteiger charge is 2.16. The monoisotopic (exact) mass is 241 g/mol. The summed E-state index contributed by atoms with van der Waals surface area (Å²) < 4.78 is 18.3. The molecule has 0 aromatic heterocycles. The molecule has 1 aromatic rings. The van der Waals surface area contributed by atoms with Crippen LogP contribution < -0.4 is 5.73 Å². The van der Waals surface area contributed by atoms with Gasteiger partial charge in [0, 0.05) is 29.9 Å². The van der Waals surface area contributed by atoms with Crippen LogP contribution in [-0.4, -0.2) is 18.5 Å². The molecule has 0 aliphatic carbocycles. The van der Waals surface area contributed by atoms with E-state index in [9.17, 15) is 4.39 Å². The Kier molecular flexibility index (Phi) is 4.21. The lowest BCUT2D eigenvalue weighted by atomic mass is 10.2. The van der Waals surface area contributed by atoms with Crippen molar-refractivity contribution in [3.63, 3.8) is 0 Å². The second-order valence-electron chi connectivity index (χ2n) is 3.89. The van der Waals surface area contributed by atoms with Crippen molar-refractivity contribution in [2.45, 2.75) is 29.5 Å². The molecule has 1 aliphatic heterocycles. The third-order valence-corrected chi connectivity index (χ3v) is 4.16. The molecule has 2 nitrogen and oxygen atoms in total. The lowest BCUT2D eigenvalue weighted by Crippen LogP contribution is -2.17. The van der Waals surface area contributed by atoms with E-state index in [2.05, 4.69) is 0 Å². The van der Waals surface area contributed by atoms with Gasteiger partial charge in [0.15, 0.2) is 0 Å². The molecule has 16 heavy (non-hydrogen) atoms. The Hall–Kier alpha value is -0.580. The van der Waals surface area contributed by atoms with Crippen LogP contribution >= 0.6 is 11.8 Å². The van der Waals surface area contributed by atoms with Crippen molar-refractivity contribution in [2.24, 2.45) is 5.73 Å². The van der Waals surface area contributed by atoms with Gasteiger partial charge in [-0.05, 0) is 36.6 Å². The normalized spacial score (nSPS) is 17.6. The fraction of sp³-hybridized carbons (Fsp3) is 0.500. The van der Waals surface area contributed by atoms with Gasteiger partial charge in [-0.15, -0.1) is 11.8 Å². The first-order valence-electron chi connectivity index (χ1n) is 5.52. The first kappa shape index (κ1) is 11.9. The molecule has 1 aromatic carbocycles. The zero-order chi connectivity index (χ0) is 11.4. The Bertz CT molecular complexity index is 353. The minimum Gasteiger partial charge on any atom is -0.381 e. The van der Waals surface area contributed by atoms with E-state index in [4.69, 9.17) is 10.5 Å². The summed E-state index contributed by atoms with van der Waals surface area (Å²) >= 11 is 1.80. The van der Waals surface area contributed by atoms with Gasteiger partial charge in [-0.2, -0.15) is 0 Å². The second kappa shape index (κ2) is 5.66. The molecule has 4 heteroatoms. The fourth-order valence-corrected chi connectivity index (χ4v) is 3.02. The topological polar surface area (TPSA) is 35.2 Å². The summed E-state index contributed by atoms with van der Waals surface area (Å²) in [4.78, 5) is 1.11. The quantitative estimate of drug-likeness (QED) is 0.883. The SMILES string of the molecule is NCc1cc(F)ccc1SC1CCOCC1. The Morgan fingerprint density at radius 3 is 2.81 bits per heavy atom. The predicted molar refractivity (Wildman–Crippen MR) is 64.0 cm³/mol. The molecule has 2 rings (SSSR count). The maximum absolute atomic E-state index is 13.0. The molecule has 2 N–H and O–H groups in total. The molecule has 0 saturated carbocycles. The molecule has 0 bridgehead atoms. The van der Waals surface area contributed by atoms with Gasteiger partial charge in [0.2, 0.25) is 0 Å². The summed E-state index contributed by atoms with van der Waals surface area (Å²) in [6, 6.07) is 4.86. The Labute approximate surface area is 99.4 Å². The van der Waals surface area contributed by atoms with Crippen LogP contribution in [0.3, 0.4) is 0 Å². The molecule has 88 valence electrons. The number of thioether (sulfide) groups is 1. The van der Waals surface area contributed by atoms with Crippen LogP contribution in [0.2, 0.25) is 0 Å². The van der Waals surface area contributed by atoms with Gasteiger partial charge in [0.1, 0.15) is 5.82 Å². The minimum absolute atomic E-state index is 0.211. The van der Waals surface area contributed by atoms with Crippen LogP contribution in [0.1, 0.15) is 18.4 Å². The number of nitrogens with two attached hydrogens (primary N) is 1. The van der Waals surface area contributed by atoms with Crippen LogP contribution in [0.4, 0.5) is 4.39 Å². The largest absolute Gasteiger partial charge is 0.381 e. The van der Waals surface area contributed by atoms with Crippen LogP contribution in [0, 0.1) is 5.82 Å². The summed E-state index contributed by atoms with van der Waals surface area (Å²) in [5, 5.41) is 0.574. The number of hydrogen-bond donors (Lipinski definition) is 1. The molecular formula is C12H16FNOS. The zero-order valence-electron chi connectivity index (χ0n) is 9.12. The Balaban J connectivity index is 2.07. The van der Waals surface area contributed by atoms with E-state index in [0.717, 1.165) is 36.5 Å². The van der Waals surface area contributed by atoms with E-state index >= 15 is 0 Å². The minimum atomic E-state index is -0.211. The molecule has 1 fully saturated rings. The van der Waals surface area contributed by atoms with E-state index < -0.39 is 0 Å². The summed E-state index contributed by atoms with van der Waals surface area (Å²) in [7, 11) is 0. The molecule has 1 saturated heterocycles. The molecule has 0 radical (unpaired) electrons. The van der Waals surface area contributed by atoms with E-state index in [1.807, 2.05) is 6.07 Å². The van der Waals surface area contributed by atoms with Gasteiger partial charge in [0.05, 0.1) is 0 Å². The number of hydrogen-bond acceptors (Lipinski definition) is 3. The number of benzene rings is 1. The molecule has 1 heterocycles. The van der Waals surface area contributed by atoms with Crippen LogP contribution in [0.15, 0.2) is 23.1 Å². The first-order valence-corrected chi connectivity index (χ1v) is 6.40. The van der Waals surface area contributed by atoms with E-state index in [0.29, 0.717) is 11.8 Å². The van der Waals surface area contributed by atoms with Gasteiger partial charge in [-0.1, -0.05) is 0 Å². The number of rotatable bonds is 3. The summed E-state index contributed by atoms with van der Waals surface area (Å²) in [5.41, 5.74) is 6.52. The highest BCUT2D eigenvalue weighted by Crippen LogP contribution is 2.32. The Morgan fingerprint density at radius 2 is 2.12 bits per heavy atom. The van der Waals surface area contributed by atoms with Gasteiger partial charge < -0.3 is 10.5 Å². The first-order chi connectivity index (χ1) is 7.79. The van der Waals surface area contributed by atoms with E-state index in [1.54, 1.807) is 11.8 Å². The number of ether oxygens (including phenoxy) is 1. The molecule has 0 spiro atoms. The van der Waals surface area contributed by atoms with Crippen molar-refractivity contribution < 1.29 is 9.13 Å². The Morgan fingerprint density at radius 1 is 1.38 bits per heavy atom. The van der Waals surface area contributed by atoms with Crippen molar-refractivity contribution in [1.82, 2.24) is 0 Å². The van der Waals surface area contributed by atoms with Gasteiger partial charge in [-0.3, -0.25) is 0 Å². The third-order valence-electron chi connectivity index (χ3n) is 2.70. The average Bonchev–Trinajstić information content (AvgIpc) is 2.33. The molecule has 0 atom stereocenters. The van der Waals surface area contributed by atoms with Crippen LogP contribution in [0.5, 0.6) is 0 Å². The van der Waals surface area contributed by atoms with Gasteiger partial charge in [-0.25, -0.2) is 4.39 Å². The standard InChI is InChI=1S/C12H16FNOS/c13-10-1-2-12(9(7-10)8-14)16-11-3-5-15-6-4-11/h1-2,7,11H,3-6,8,14H2. The summed E-state index contributed by atoms with van der Waals surface area (Å²) in [5.74, 6) is -0.211. The molecule has 0 unspecified atom stereocenters. The molecular weight excluding hydrogens is 225 g/mol. The highest BCUT2D eigenvalue weighted by atomic mass is 32.2. The fourth-order valence-electron chi connectivity index (χ4n) is 1.80. The van der Waals surface area contributed by atoms with Gasteiger partial charge >= 0.3 is 0 Å². The van der Waals surface area contributed by atoms with Crippen LogP contribution in [0.25, 0.3) is 0 Å². The van der Waals surface area contributed by atoms with Gasteiger partial charge in [0.25, 0.3) is 0 Å².